The lowest BCUT2D eigenvalue weighted by molar-refractivity contribution is 0.0745. The molecule has 0 bridgehead atoms. The predicted octanol–water partition coefficient (Wildman–Crippen LogP) is 1.40. The maximum Gasteiger partial charge on any atom is 0.0618 e. The molecule has 0 aromatic carbocycles. The maximum absolute atomic E-state index is 5.59. The van der Waals surface area contributed by atoms with Gasteiger partial charge in [-0.3, -0.25) is 0 Å². The Hall–Kier alpha value is -0.0800. The van der Waals surface area contributed by atoms with Crippen molar-refractivity contribution in [3.8, 4) is 0 Å². The highest BCUT2D eigenvalue weighted by Crippen LogP contribution is 2.29. The Kier molecular flexibility index (Phi) is 3.34. The molecule has 1 aliphatic rings. The molecule has 1 saturated heterocycles. The second-order valence-electron chi connectivity index (χ2n) is 3.68. The smallest absolute Gasteiger partial charge is 0.0618 e. The Labute approximate surface area is 69.1 Å². The number of rotatable bonds is 3. The second kappa shape index (κ2) is 4.07. The molecule has 0 aromatic heterocycles. The fourth-order valence-corrected chi connectivity index (χ4v) is 1.89. The second-order valence-corrected chi connectivity index (χ2v) is 3.68. The van der Waals surface area contributed by atoms with Crippen LogP contribution in [0.5, 0.6) is 0 Å². The van der Waals surface area contributed by atoms with E-state index in [4.69, 9.17) is 10.5 Å². The van der Waals surface area contributed by atoms with E-state index in [0.29, 0.717) is 6.10 Å². The highest BCUT2D eigenvalue weighted by Gasteiger charge is 2.29. The molecule has 1 heterocycles. The van der Waals surface area contributed by atoms with Crippen LogP contribution in [0.1, 0.15) is 26.7 Å². The summed E-state index contributed by atoms with van der Waals surface area (Å²) in [7, 11) is 0. The molecule has 2 atom stereocenters. The van der Waals surface area contributed by atoms with Crippen LogP contribution in [-0.2, 0) is 4.74 Å². The molecule has 2 heteroatoms. The molecule has 0 aliphatic carbocycles. The van der Waals surface area contributed by atoms with E-state index in [1.165, 1.54) is 6.42 Å². The Morgan fingerprint density at radius 2 is 2.27 bits per heavy atom. The molecular weight excluding hydrogens is 138 g/mol. The first kappa shape index (κ1) is 9.01. The van der Waals surface area contributed by atoms with Crippen LogP contribution < -0.4 is 5.73 Å². The van der Waals surface area contributed by atoms with Crippen molar-refractivity contribution < 1.29 is 4.74 Å². The van der Waals surface area contributed by atoms with Gasteiger partial charge in [0.15, 0.2) is 0 Å². The molecule has 66 valence electrons. The third kappa shape index (κ3) is 2.17. The molecule has 0 radical (unpaired) electrons. The van der Waals surface area contributed by atoms with Crippen LogP contribution >= 0.6 is 0 Å². The third-order valence-corrected chi connectivity index (χ3v) is 2.57. The summed E-state index contributed by atoms with van der Waals surface area (Å²) in [5, 5.41) is 0. The van der Waals surface area contributed by atoms with Crippen LogP contribution in [0, 0.1) is 11.8 Å². The largest absolute Gasteiger partial charge is 0.378 e. The number of ether oxygens (including phenoxy) is 1. The third-order valence-electron chi connectivity index (χ3n) is 2.57. The highest BCUT2D eigenvalue weighted by molar-refractivity contribution is 4.78. The van der Waals surface area contributed by atoms with Crippen molar-refractivity contribution in [3.63, 3.8) is 0 Å². The molecule has 1 aliphatic heterocycles. The van der Waals surface area contributed by atoms with Gasteiger partial charge in [0.25, 0.3) is 0 Å². The molecule has 2 nitrogen and oxygen atoms in total. The van der Waals surface area contributed by atoms with Gasteiger partial charge in [0.05, 0.1) is 6.10 Å². The topological polar surface area (TPSA) is 35.2 Å². The van der Waals surface area contributed by atoms with Crippen molar-refractivity contribution in [2.24, 2.45) is 17.6 Å². The fraction of sp³-hybridized carbons (Fsp3) is 1.00. The zero-order chi connectivity index (χ0) is 8.27. The predicted molar refractivity (Wildman–Crippen MR) is 46.4 cm³/mol. The average Bonchev–Trinajstić information content (AvgIpc) is 2.36. The van der Waals surface area contributed by atoms with Gasteiger partial charge < -0.3 is 10.5 Å². The summed E-state index contributed by atoms with van der Waals surface area (Å²) in [4.78, 5) is 0. The lowest BCUT2D eigenvalue weighted by Crippen LogP contribution is -2.23. The van der Waals surface area contributed by atoms with E-state index in [-0.39, 0.29) is 0 Å². The van der Waals surface area contributed by atoms with Crippen molar-refractivity contribution in [1.82, 2.24) is 0 Å². The van der Waals surface area contributed by atoms with E-state index in [2.05, 4.69) is 13.8 Å². The first-order valence-electron chi connectivity index (χ1n) is 4.57. The van der Waals surface area contributed by atoms with Gasteiger partial charge in [-0.15, -0.1) is 0 Å². The van der Waals surface area contributed by atoms with Gasteiger partial charge in [-0.25, -0.2) is 0 Å². The maximum atomic E-state index is 5.59. The van der Waals surface area contributed by atoms with E-state index in [9.17, 15) is 0 Å². The van der Waals surface area contributed by atoms with E-state index in [0.717, 1.165) is 31.4 Å². The number of nitrogens with two attached hydrogens (primary N) is 1. The van der Waals surface area contributed by atoms with E-state index in [1.807, 2.05) is 0 Å². The highest BCUT2D eigenvalue weighted by atomic mass is 16.5. The normalized spacial score (nSPS) is 31.6. The van der Waals surface area contributed by atoms with Gasteiger partial charge in [-0.1, -0.05) is 13.8 Å². The Morgan fingerprint density at radius 3 is 2.82 bits per heavy atom. The summed E-state index contributed by atoms with van der Waals surface area (Å²) < 4.78 is 5.59. The lowest BCUT2D eigenvalue weighted by Gasteiger charge is -2.20. The summed E-state index contributed by atoms with van der Waals surface area (Å²) >= 11 is 0. The summed E-state index contributed by atoms with van der Waals surface area (Å²) in [6, 6.07) is 0. The number of hydrogen-bond donors (Lipinski definition) is 1. The van der Waals surface area contributed by atoms with E-state index in [1.54, 1.807) is 0 Å². The van der Waals surface area contributed by atoms with E-state index < -0.39 is 0 Å². The van der Waals surface area contributed by atoms with Gasteiger partial charge in [0.1, 0.15) is 0 Å². The van der Waals surface area contributed by atoms with Crippen LogP contribution in [0.3, 0.4) is 0 Å². The van der Waals surface area contributed by atoms with Crippen LogP contribution in [0.25, 0.3) is 0 Å². The SMILES string of the molecule is CC(C)C1CCOC1CCN. The van der Waals surface area contributed by atoms with Crippen LogP contribution in [0.2, 0.25) is 0 Å². The van der Waals surface area contributed by atoms with Gasteiger partial charge in [-0.2, -0.15) is 0 Å². The van der Waals surface area contributed by atoms with Crippen molar-refractivity contribution in [1.29, 1.82) is 0 Å². The Balaban J connectivity index is 2.37. The minimum absolute atomic E-state index is 0.444. The molecule has 0 aromatic rings. The Bertz CT molecular complexity index is 114. The average molecular weight is 157 g/mol. The van der Waals surface area contributed by atoms with Gasteiger partial charge in [0, 0.05) is 6.61 Å². The van der Waals surface area contributed by atoms with Crippen molar-refractivity contribution in [3.05, 3.63) is 0 Å². The molecule has 1 fully saturated rings. The molecule has 0 spiro atoms. The van der Waals surface area contributed by atoms with Crippen molar-refractivity contribution in [2.45, 2.75) is 32.8 Å². The standard InChI is InChI=1S/C9H19NO/c1-7(2)8-4-6-11-9(8)3-5-10/h7-9H,3-6,10H2,1-2H3. The first-order valence-corrected chi connectivity index (χ1v) is 4.57. The minimum atomic E-state index is 0.444. The van der Waals surface area contributed by atoms with Crippen LogP contribution in [0.15, 0.2) is 0 Å². The van der Waals surface area contributed by atoms with Gasteiger partial charge in [0.2, 0.25) is 0 Å². The zero-order valence-corrected chi connectivity index (χ0v) is 7.55. The summed E-state index contributed by atoms with van der Waals surface area (Å²) in [5.41, 5.74) is 5.49. The first-order chi connectivity index (χ1) is 5.25. The quantitative estimate of drug-likeness (QED) is 0.672. The summed E-state index contributed by atoms with van der Waals surface area (Å²) in [6.07, 6.45) is 2.70. The molecule has 0 saturated carbocycles. The Morgan fingerprint density at radius 1 is 1.55 bits per heavy atom. The lowest BCUT2D eigenvalue weighted by atomic mass is 9.88. The molecule has 0 amide bonds. The van der Waals surface area contributed by atoms with Gasteiger partial charge in [-0.05, 0) is 31.2 Å². The molecular formula is C9H19NO. The molecule has 11 heavy (non-hydrogen) atoms. The van der Waals surface area contributed by atoms with Crippen LogP contribution in [0.4, 0.5) is 0 Å². The summed E-state index contributed by atoms with van der Waals surface area (Å²) in [5.74, 6) is 1.49. The molecule has 2 unspecified atom stereocenters. The van der Waals surface area contributed by atoms with Crippen molar-refractivity contribution in [2.75, 3.05) is 13.2 Å². The molecule has 2 N–H and O–H groups in total. The monoisotopic (exact) mass is 157 g/mol. The number of hydrogen-bond acceptors (Lipinski definition) is 2. The fourth-order valence-electron chi connectivity index (χ4n) is 1.89. The minimum Gasteiger partial charge on any atom is -0.378 e. The van der Waals surface area contributed by atoms with Crippen LogP contribution in [-0.4, -0.2) is 19.3 Å². The summed E-state index contributed by atoms with van der Waals surface area (Å²) in [6.45, 7) is 6.23. The zero-order valence-electron chi connectivity index (χ0n) is 7.55. The van der Waals surface area contributed by atoms with E-state index >= 15 is 0 Å². The van der Waals surface area contributed by atoms with Gasteiger partial charge >= 0.3 is 0 Å². The van der Waals surface area contributed by atoms with Crippen molar-refractivity contribution >= 4 is 0 Å². The molecule has 1 rings (SSSR count).